The number of hydrogen-bond acceptors (Lipinski definition) is 6. The van der Waals surface area contributed by atoms with Gasteiger partial charge in [0.25, 0.3) is 0 Å². The number of halogens is 1. The van der Waals surface area contributed by atoms with Gasteiger partial charge in [-0.2, -0.15) is 0 Å². The summed E-state index contributed by atoms with van der Waals surface area (Å²) in [6, 6.07) is 12.3. The maximum Gasteiger partial charge on any atom is 0.333 e. The van der Waals surface area contributed by atoms with E-state index in [-0.39, 0.29) is 5.41 Å². The second kappa shape index (κ2) is 14.4. The first kappa shape index (κ1) is 29.8. The molecule has 0 saturated heterocycles. The zero-order chi connectivity index (χ0) is 26.8. The topological polar surface area (TPSA) is 55.8 Å². The summed E-state index contributed by atoms with van der Waals surface area (Å²) in [5.74, 6) is 0.763. The third-order valence-electron chi connectivity index (χ3n) is 6.66. The number of anilines is 2. The van der Waals surface area contributed by atoms with Gasteiger partial charge in [-0.3, -0.25) is 4.21 Å². The highest BCUT2D eigenvalue weighted by molar-refractivity contribution is 9.10. The molecule has 0 bridgehead atoms. The van der Waals surface area contributed by atoms with Crippen molar-refractivity contribution in [3.05, 3.63) is 53.2 Å². The number of unbranched alkanes of at least 4 members (excludes halogenated alkanes) is 2. The second-order valence-corrected chi connectivity index (χ2v) is 12.6. The number of nitrogens with zero attached hydrogens (tertiary/aromatic N) is 1. The van der Waals surface area contributed by atoms with Crippen LogP contribution in [0.15, 0.2) is 63.0 Å². The molecule has 5 nitrogen and oxygen atoms in total. The molecule has 3 rings (SSSR count). The Bertz CT molecular complexity index is 1100. The van der Waals surface area contributed by atoms with Crippen molar-refractivity contribution in [3.8, 4) is 5.75 Å². The van der Waals surface area contributed by atoms with E-state index in [1.54, 1.807) is 18.7 Å². The molecule has 1 aliphatic heterocycles. The van der Waals surface area contributed by atoms with Crippen molar-refractivity contribution in [2.24, 2.45) is 5.41 Å². The number of hydrogen-bond donors (Lipinski definition) is 0. The molecule has 1 aliphatic rings. The lowest BCUT2D eigenvalue weighted by Crippen LogP contribution is -2.37. The maximum atomic E-state index is 14.0. The monoisotopic (exact) mass is 607 g/mol. The molecule has 0 radical (unpaired) electrons. The zero-order valence-electron chi connectivity index (χ0n) is 22.3. The van der Waals surface area contributed by atoms with Gasteiger partial charge < -0.3 is 14.4 Å². The van der Waals surface area contributed by atoms with Gasteiger partial charge in [-0.15, -0.1) is 11.8 Å². The molecular formula is C29H38BrNO4S2. The van der Waals surface area contributed by atoms with Crippen LogP contribution >= 0.6 is 27.7 Å². The van der Waals surface area contributed by atoms with Gasteiger partial charge in [0.05, 0.1) is 45.2 Å². The molecule has 202 valence electrons. The summed E-state index contributed by atoms with van der Waals surface area (Å²) in [6.45, 7) is 7.34. The summed E-state index contributed by atoms with van der Waals surface area (Å²) in [6.07, 6.45) is 11.2. The van der Waals surface area contributed by atoms with E-state index < -0.39 is 16.8 Å². The van der Waals surface area contributed by atoms with Crippen molar-refractivity contribution >= 4 is 55.8 Å². The molecule has 8 heteroatoms. The number of ether oxygens (including phenoxy) is 2. The van der Waals surface area contributed by atoms with Crippen LogP contribution in [0.2, 0.25) is 0 Å². The standard InChI is InChI=1S/C29H38BrNO4S2/c1-5-8-15-29(16-9-6-2)20-31(23-12-10-22(30)11-13-23)24-18-26(36-4)25(19-27(24)37(33)21-29)35-17-14-28(32)34-7-3/h10-14,17-19H,5-9,15-16,20-21H2,1-4H3/b17-14+. The number of rotatable bonds is 12. The third-order valence-corrected chi connectivity index (χ3v) is 9.64. The quantitative estimate of drug-likeness (QED) is 0.105. The average Bonchev–Trinajstić information content (AvgIpc) is 3.01. The van der Waals surface area contributed by atoms with Crippen molar-refractivity contribution in [2.75, 3.05) is 30.1 Å². The van der Waals surface area contributed by atoms with Crippen LogP contribution in [0.1, 0.15) is 59.3 Å². The van der Waals surface area contributed by atoms with Gasteiger partial charge in [0.1, 0.15) is 5.75 Å². The van der Waals surface area contributed by atoms with Crippen molar-refractivity contribution in [1.29, 1.82) is 0 Å². The van der Waals surface area contributed by atoms with Crippen LogP contribution in [0, 0.1) is 5.41 Å². The highest BCUT2D eigenvalue weighted by Gasteiger charge is 2.39. The van der Waals surface area contributed by atoms with Crippen LogP contribution in [0.4, 0.5) is 11.4 Å². The summed E-state index contributed by atoms with van der Waals surface area (Å²) in [5, 5.41) is 0. The minimum Gasteiger partial charge on any atom is -0.464 e. The average molecular weight is 609 g/mol. The minimum atomic E-state index is -1.20. The third kappa shape index (κ3) is 7.87. The van der Waals surface area contributed by atoms with Gasteiger partial charge in [0.15, 0.2) is 0 Å². The van der Waals surface area contributed by atoms with Crippen LogP contribution in [-0.2, 0) is 20.3 Å². The van der Waals surface area contributed by atoms with E-state index in [4.69, 9.17) is 9.47 Å². The molecule has 0 fully saturated rings. The van der Waals surface area contributed by atoms with Crippen molar-refractivity contribution < 1.29 is 18.5 Å². The first-order valence-electron chi connectivity index (χ1n) is 13.0. The van der Waals surface area contributed by atoms with Gasteiger partial charge in [-0.1, -0.05) is 55.5 Å². The molecular weight excluding hydrogens is 570 g/mol. The van der Waals surface area contributed by atoms with Crippen LogP contribution in [0.3, 0.4) is 0 Å². The van der Waals surface area contributed by atoms with Crippen LogP contribution in [-0.4, -0.2) is 35.3 Å². The van der Waals surface area contributed by atoms with E-state index in [1.165, 1.54) is 12.3 Å². The molecule has 0 spiro atoms. The Hall–Kier alpha value is -1.77. The fraction of sp³-hybridized carbons (Fsp3) is 0.483. The van der Waals surface area contributed by atoms with Crippen LogP contribution in [0.25, 0.3) is 0 Å². The van der Waals surface area contributed by atoms with Crippen molar-refractivity contribution in [1.82, 2.24) is 0 Å². The summed E-state index contributed by atoms with van der Waals surface area (Å²) in [4.78, 5) is 15.8. The fourth-order valence-corrected chi connectivity index (χ4v) is 7.27. The smallest absolute Gasteiger partial charge is 0.333 e. The fourth-order valence-electron chi connectivity index (χ4n) is 4.73. The first-order valence-corrected chi connectivity index (χ1v) is 16.3. The van der Waals surface area contributed by atoms with Gasteiger partial charge in [-0.05, 0) is 56.4 Å². The molecule has 0 N–H and O–H groups in total. The van der Waals surface area contributed by atoms with E-state index in [1.807, 2.05) is 12.3 Å². The Labute approximate surface area is 237 Å². The molecule has 2 aromatic rings. The SMILES string of the molecule is CCCCC1(CCCC)CN(c2ccc(Br)cc2)c2cc(SC)c(O/C=C/C(=O)OCC)cc2S(=O)C1. The zero-order valence-corrected chi connectivity index (χ0v) is 25.5. The van der Waals surface area contributed by atoms with E-state index >= 15 is 0 Å². The van der Waals surface area contributed by atoms with Crippen LogP contribution in [0.5, 0.6) is 5.75 Å². The number of benzene rings is 2. The summed E-state index contributed by atoms with van der Waals surface area (Å²) < 4.78 is 25.9. The number of thioether (sulfide) groups is 1. The first-order chi connectivity index (χ1) is 17.9. The maximum absolute atomic E-state index is 14.0. The molecule has 0 aromatic heterocycles. The van der Waals surface area contributed by atoms with Crippen molar-refractivity contribution in [2.45, 2.75) is 69.1 Å². The highest BCUT2D eigenvalue weighted by atomic mass is 79.9. The highest BCUT2D eigenvalue weighted by Crippen LogP contribution is 2.46. The Morgan fingerprint density at radius 1 is 1.14 bits per heavy atom. The van der Waals surface area contributed by atoms with Gasteiger partial charge in [-0.25, -0.2) is 4.79 Å². The summed E-state index contributed by atoms with van der Waals surface area (Å²) in [5.41, 5.74) is 2.00. The molecule has 1 atom stereocenters. The summed E-state index contributed by atoms with van der Waals surface area (Å²) >= 11 is 5.13. The van der Waals surface area contributed by atoms with E-state index in [0.717, 1.165) is 70.7 Å². The molecule has 1 unspecified atom stereocenters. The molecule has 0 saturated carbocycles. The Morgan fingerprint density at radius 2 is 1.81 bits per heavy atom. The number of fused-ring (bicyclic) bond motifs is 1. The lowest BCUT2D eigenvalue weighted by Gasteiger charge is -2.37. The van der Waals surface area contributed by atoms with E-state index in [9.17, 15) is 9.00 Å². The van der Waals surface area contributed by atoms with Gasteiger partial charge in [0, 0.05) is 33.9 Å². The largest absolute Gasteiger partial charge is 0.464 e. The minimum absolute atomic E-state index is 0.0483. The molecule has 2 aromatic carbocycles. The van der Waals surface area contributed by atoms with Gasteiger partial charge in [0.2, 0.25) is 0 Å². The Balaban J connectivity index is 2.11. The van der Waals surface area contributed by atoms with E-state index in [2.05, 4.69) is 65.0 Å². The number of esters is 1. The second-order valence-electron chi connectivity index (χ2n) is 9.40. The Kier molecular flexibility index (Phi) is 11.6. The van der Waals surface area contributed by atoms with E-state index in [0.29, 0.717) is 18.1 Å². The summed E-state index contributed by atoms with van der Waals surface area (Å²) in [7, 11) is -1.20. The number of carbonyl (C=O) groups is 1. The Morgan fingerprint density at radius 3 is 2.41 bits per heavy atom. The predicted octanol–water partition coefficient (Wildman–Crippen LogP) is 8.25. The molecule has 0 amide bonds. The molecule has 1 heterocycles. The number of carbonyl (C=O) groups excluding carboxylic acids is 1. The predicted molar refractivity (Wildman–Crippen MR) is 159 cm³/mol. The lowest BCUT2D eigenvalue weighted by molar-refractivity contribution is -0.137. The molecule has 37 heavy (non-hydrogen) atoms. The van der Waals surface area contributed by atoms with Crippen LogP contribution < -0.4 is 9.64 Å². The normalized spacial score (nSPS) is 16.9. The molecule has 0 aliphatic carbocycles. The van der Waals surface area contributed by atoms with Gasteiger partial charge >= 0.3 is 5.97 Å². The lowest BCUT2D eigenvalue weighted by atomic mass is 9.79. The van der Waals surface area contributed by atoms with Crippen molar-refractivity contribution in [3.63, 3.8) is 0 Å².